The molecule has 2 aromatic rings. The lowest BCUT2D eigenvalue weighted by atomic mass is 10.1. The highest BCUT2D eigenvalue weighted by molar-refractivity contribution is 5.91. The number of hydrogen-bond donors (Lipinski definition) is 1. The van der Waals surface area contributed by atoms with Crippen molar-refractivity contribution in [3.8, 4) is 0 Å². The number of hydrogen-bond acceptors (Lipinski definition) is 5. The zero-order valence-electron chi connectivity index (χ0n) is 9.96. The molecule has 2 N–H and O–H groups in total. The SMILES string of the molecule is Cc1cccc(COC(=O)c2nccnc2N)c1. The van der Waals surface area contributed by atoms with Crippen LogP contribution in [0.1, 0.15) is 21.6 Å². The van der Waals surface area contributed by atoms with Crippen LogP contribution in [0, 0.1) is 6.92 Å². The van der Waals surface area contributed by atoms with Gasteiger partial charge < -0.3 is 10.5 Å². The van der Waals surface area contributed by atoms with Crippen molar-refractivity contribution in [2.24, 2.45) is 0 Å². The van der Waals surface area contributed by atoms with Gasteiger partial charge in [-0.25, -0.2) is 14.8 Å². The van der Waals surface area contributed by atoms with Crippen molar-refractivity contribution in [1.82, 2.24) is 9.97 Å². The van der Waals surface area contributed by atoms with E-state index in [4.69, 9.17) is 10.5 Å². The Morgan fingerprint density at radius 2 is 2.11 bits per heavy atom. The van der Waals surface area contributed by atoms with Crippen molar-refractivity contribution in [3.63, 3.8) is 0 Å². The van der Waals surface area contributed by atoms with Gasteiger partial charge in [0, 0.05) is 12.4 Å². The van der Waals surface area contributed by atoms with Gasteiger partial charge in [-0.05, 0) is 12.5 Å². The molecule has 1 aromatic carbocycles. The van der Waals surface area contributed by atoms with Gasteiger partial charge in [-0.15, -0.1) is 0 Å². The average molecular weight is 243 g/mol. The third kappa shape index (κ3) is 2.82. The van der Waals surface area contributed by atoms with Gasteiger partial charge in [0.05, 0.1) is 0 Å². The molecular formula is C13H13N3O2. The predicted molar refractivity (Wildman–Crippen MR) is 66.7 cm³/mol. The quantitative estimate of drug-likeness (QED) is 0.830. The summed E-state index contributed by atoms with van der Waals surface area (Å²) in [6, 6.07) is 7.73. The Balaban J connectivity index is 2.03. The first-order chi connectivity index (χ1) is 8.66. The first-order valence-corrected chi connectivity index (χ1v) is 5.46. The van der Waals surface area contributed by atoms with E-state index in [1.165, 1.54) is 12.4 Å². The Hall–Kier alpha value is -2.43. The van der Waals surface area contributed by atoms with Crippen LogP contribution < -0.4 is 5.73 Å². The number of benzene rings is 1. The Morgan fingerprint density at radius 1 is 1.33 bits per heavy atom. The first kappa shape index (κ1) is 12.0. The van der Waals surface area contributed by atoms with Crippen molar-refractivity contribution in [3.05, 3.63) is 53.5 Å². The van der Waals surface area contributed by atoms with Gasteiger partial charge in [-0.3, -0.25) is 0 Å². The van der Waals surface area contributed by atoms with Crippen LogP contribution in [0.25, 0.3) is 0 Å². The van der Waals surface area contributed by atoms with Crippen LogP contribution >= 0.6 is 0 Å². The molecule has 18 heavy (non-hydrogen) atoms. The summed E-state index contributed by atoms with van der Waals surface area (Å²) in [6.45, 7) is 2.17. The normalized spacial score (nSPS) is 10.1. The van der Waals surface area contributed by atoms with E-state index in [9.17, 15) is 4.79 Å². The molecule has 0 atom stereocenters. The van der Waals surface area contributed by atoms with Crippen LogP contribution in [0.4, 0.5) is 5.82 Å². The molecule has 0 aliphatic heterocycles. The summed E-state index contributed by atoms with van der Waals surface area (Å²) >= 11 is 0. The number of nitrogen functional groups attached to an aromatic ring is 1. The largest absolute Gasteiger partial charge is 0.456 e. The van der Waals surface area contributed by atoms with Crippen molar-refractivity contribution < 1.29 is 9.53 Å². The molecule has 0 unspecified atom stereocenters. The maximum absolute atomic E-state index is 11.7. The van der Waals surface area contributed by atoms with Gasteiger partial charge in [0.25, 0.3) is 0 Å². The molecule has 0 fully saturated rings. The number of esters is 1. The fourth-order valence-electron chi connectivity index (χ4n) is 1.53. The molecule has 2 rings (SSSR count). The molecule has 0 spiro atoms. The van der Waals surface area contributed by atoms with Gasteiger partial charge in [0.2, 0.25) is 0 Å². The standard InChI is InChI=1S/C13H13N3O2/c1-9-3-2-4-10(7-9)8-18-13(17)11-12(14)16-6-5-15-11/h2-7H,8H2,1H3,(H2,14,16). The van der Waals surface area contributed by atoms with E-state index in [1.54, 1.807) is 0 Å². The Bertz CT molecular complexity index is 570. The second-order valence-electron chi connectivity index (χ2n) is 3.86. The van der Waals surface area contributed by atoms with E-state index in [0.29, 0.717) is 0 Å². The number of rotatable bonds is 3. The summed E-state index contributed by atoms with van der Waals surface area (Å²) in [4.78, 5) is 19.3. The number of nitrogens with two attached hydrogens (primary N) is 1. The van der Waals surface area contributed by atoms with Gasteiger partial charge in [0.1, 0.15) is 6.61 Å². The van der Waals surface area contributed by atoms with Gasteiger partial charge in [-0.2, -0.15) is 0 Å². The fraction of sp³-hybridized carbons (Fsp3) is 0.154. The van der Waals surface area contributed by atoms with E-state index in [1.807, 2.05) is 31.2 Å². The molecule has 0 radical (unpaired) electrons. The molecule has 0 bridgehead atoms. The molecule has 0 aliphatic carbocycles. The molecule has 92 valence electrons. The molecule has 1 aromatic heterocycles. The Labute approximate surface area is 105 Å². The van der Waals surface area contributed by atoms with Crippen molar-refractivity contribution in [2.75, 3.05) is 5.73 Å². The van der Waals surface area contributed by atoms with Crippen LogP contribution in [0.2, 0.25) is 0 Å². The van der Waals surface area contributed by atoms with Gasteiger partial charge >= 0.3 is 5.97 Å². The third-order valence-corrected chi connectivity index (χ3v) is 2.37. The van der Waals surface area contributed by atoms with Crippen molar-refractivity contribution >= 4 is 11.8 Å². The molecule has 0 aliphatic rings. The minimum Gasteiger partial charge on any atom is -0.456 e. The van der Waals surface area contributed by atoms with E-state index < -0.39 is 5.97 Å². The third-order valence-electron chi connectivity index (χ3n) is 2.37. The lowest BCUT2D eigenvalue weighted by Gasteiger charge is -2.06. The molecular weight excluding hydrogens is 230 g/mol. The second-order valence-corrected chi connectivity index (χ2v) is 3.86. The molecule has 0 saturated heterocycles. The monoisotopic (exact) mass is 243 g/mol. The zero-order chi connectivity index (χ0) is 13.0. The van der Waals surface area contributed by atoms with Crippen molar-refractivity contribution in [2.45, 2.75) is 13.5 Å². The highest BCUT2D eigenvalue weighted by Crippen LogP contribution is 2.09. The summed E-state index contributed by atoms with van der Waals surface area (Å²) in [5.41, 5.74) is 7.62. The zero-order valence-corrected chi connectivity index (χ0v) is 9.96. The Kier molecular flexibility index (Phi) is 3.52. The highest BCUT2D eigenvalue weighted by atomic mass is 16.5. The van der Waals surface area contributed by atoms with Crippen LogP contribution in [0.5, 0.6) is 0 Å². The minimum atomic E-state index is -0.567. The summed E-state index contributed by atoms with van der Waals surface area (Å²) in [5, 5.41) is 0. The van der Waals surface area contributed by atoms with E-state index in [2.05, 4.69) is 9.97 Å². The lowest BCUT2D eigenvalue weighted by molar-refractivity contribution is 0.0466. The van der Waals surface area contributed by atoms with E-state index in [0.717, 1.165) is 11.1 Å². The smallest absolute Gasteiger partial charge is 0.361 e. The molecule has 5 heteroatoms. The maximum Gasteiger partial charge on any atom is 0.361 e. The number of carbonyl (C=O) groups is 1. The van der Waals surface area contributed by atoms with Crippen LogP contribution in [0.3, 0.4) is 0 Å². The molecule has 0 amide bonds. The molecule has 5 nitrogen and oxygen atoms in total. The van der Waals surface area contributed by atoms with Crippen LogP contribution in [-0.4, -0.2) is 15.9 Å². The summed E-state index contributed by atoms with van der Waals surface area (Å²) in [7, 11) is 0. The predicted octanol–water partition coefficient (Wildman–Crippen LogP) is 1.72. The topological polar surface area (TPSA) is 78.1 Å². The number of aryl methyl sites for hydroxylation is 1. The summed E-state index contributed by atoms with van der Waals surface area (Å²) in [5.74, 6) is -0.492. The highest BCUT2D eigenvalue weighted by Gasteiger charge is 2.13. The molecule has 0 saturated carbocycles. The number of nitrogens with zero attached hydrogens (tertiary/aromatic N) is 2. The van der Waals surface area contributed by atoms with E-state index >= 15 is 0 Å². The number of aromatic nitrogens is 2. The lowest BCUT2D eigenvalue weighted by Crippen LogP contribution is -2.11. The average Bonchev–Trinajstić information content (AvgIpc) is 2.37. The molecule has 1 heterocycles. The summed E-state index contributed by atoms with van der Waals surface area (Å²) < 4.78 is 5.13. The van der Waals surface area contributed by atoms with Gasteiger partial charge in [0.15, 0.2) is 11.5 Å². The van der Waals surface area contributed by atoms with Crippen LogP contribution in [0.15, 0.2) is 36.7 Å². The minimum absolute atomic E-state index is 0.0464. The summed E-state index contributed by atoms with van der Waals surface area (Å²) in [6.07, 6.45) is 2.83. The van der Waals surface area contributed by atoms with Gasteiger partial charge in [-0.1, -0.05) is 29.8 Å². The maximum atomic E-state index is 11.7. The number of ether oxygens (including phenoxy) is 1. The Morgan fingerprint density at radius 3 is 2.83 bits per heavy atom. The number of anilines is 1. The van der Waals surface area contributed by atoms with E-state index in [-0.39, 0.29) is 18.1 Å². The van der Waals surface area contributed by atoms with Crippen molar-refractivity contribution in [1.29, 1.82) is 0 Å². The van der Waals surface area contributed by atoms with Crippen LogP contribution in [-0.2, 0) is 11.3 Å². The second kappa shape index (κ2) is 5.27. The number of carbonyl (C=O) groups excluding carboxylic acids is 1. The fourth-order valence-corrected chi connectivity index (χ4v) is 1.53. The first-order valence-electron chi connectivity index (χ1n) is 5.46.